The summed E-state index contributed by atoms with van der Waals surface area (Å²) >= 11 is 6.18. The average Bonchev–Trinajstić information content (AvgIpc) is 3.22. The van der Waals surface area contributed by atoms with Gasteiger partial charge in [0.05, 0.1) is 23.7 Å². The number of aliphatic hydroxyl groups excluding tert-OH is 1. The first kappa shape index (κ1) is 16.3. The number of amides is 1. The molecule has 0 radical (unpaired) electrons. The molecule has 3 aromatic rings. The second-order valence-corrected chi connectivity index (χ2v) is 5.63. The van der Waals surface area contributed by atoms with Gasteiger partial charge in [0.25, 0.3) is 5.91 Å². The number of aryl methyl sites for hydroxylation is 1. The van der Waals surface area contributed by atoms with E-state index >= 15 is 0 Å². The second kappa shape index (κ2) is 6.90. The van der Waals surface area contributed by atoms with Crippen LogP contribution < -0.4 is 5.32 Å². The van der Waals surface area contributed by atoms with E-state index in [1.165, 1.54) is 12.5 Å². The van der Waals surface area contributed by atoms with Crippen molar-refractivity contribution in [2.24, 2.45) is 0 Å². The van der Waals surface area contributed by atoms with Crippen LogP contribution in [0.2, 0.25) is 5.02 Å². The van der Waals surface area contributed by atoms with E-state index in [2.05, 4.69) is 10.5 Å². The fourth-order valence-electron chi connectivity index (χ4n) is 2.34. The van der Waals surface area contributed by atoms with Gasteiger partial charge >= 0.3 is 0 Å². The molecule has 3 rings (SSSR count). The number of aliphatic hydroxyl groups is 1. The third-order valence-corrected chi connectivity index (χ3v) is 3.93. The van der Waals surface area contributed by atoms with E-state index in [9.17, 15) is 9.90 Å². The molecule has 1 unspecified atom stereocenters. The normalized spacial score (nSPS) is 12.1. The summed E-state index contributed by atoms with van der Waals surface area (Å²) in [4.78, 5) is 12.5. The SMILES string of the molecule is Cc1onc(-c2ccccc2Cl)c1C(=O)NCC(O)c1ccoc1. The van der Waals surface area contributed by atoms with Crippen molar-refractivity contribution in [3.63, 3.8) is 0 Å². The largest absolute Gasteiger partial charge is 0.472 e. The summed E-state index contributed by atoms with van der Waals surface area (Å²) in [6.45, 7) is 1.68. The minimum atomic E-state index is -0.864. The van der Waals surface area contributed by atoms with E-state index in [0.29, 0.717) is 33.2 Å². The molecule has 2 aromatic heterocycles. The quantitative estimate of drug-likeness (QED) is 0.739. The molecule has 1 amide bonds. The number of nitrogens with one attached hydrogen (secondary N) is 1. The van der Waals surface area contributed by atoms with Gasteiger partial charge in [0.2, 0.25) is 0 Å². The van der Waals surface area contributed by atoms with Gasteiger partial charge in [-0.2, -0.15) is 0 Å². The molecule has 0 bridgehead atoms. The van der Waals surface area contributed by atoms with Crippen LogP contribution in [0.25, 0.3) is 11.3 Å². The summed E-state index contributed by atoms with van der Waals surface area (Å²) in [6.07, 6.45) is 2.02. The molecule has 0 aliphatic carbocycles. The van der Waals surface area contributed by atoms with Gasteiger partial charge in [-0.3, -0.25) is 4.79 Å². The van der Waals surface area contributed by atoms with Crippen LogP contribution in [0.5, 0.6) is 0 Å². The Balaban J connectivity index is 1.81. The molecule has 2 N–H and O–H groups in total. The van der Waals surface area contributed by atoms with Gasteiger partial charge in [-0.1, -0.05) is 35.0 Å². The summed E-state index contributed by atoms with van der Waals surface area (Å²) in [5, 5.41) is 17.1. The molecule has 6 nitrogen and oxygen atoms in total. The number of hydrogen-bond acceptors (Lipinski definition) is 5. The van der Waals surface area contributed by atoms with Crippen LogP contribution in [0.15, 0.2) is 51.8 Å². The van der Waals surface area contributed by atoms with Crippen LogP contribution in [-0.4, -0.2) is 22.7 Å². The number of nitrogens with zero attached hydrogens (tertiary/aromatic N) is 1. The lowest BCUT2D eigenvalue weighted by atomic mass is 10.1. The molecular formula is C17H15ClN2O4. The van der Waals surface area contributed by atoms with Crippen molar-refractivity contribution in [3.8, 4) is 11.3 Å². The van der Waals surface area contributed by atoms with E-state index < -0.39 is 12.0 Å². The number of hydrogen-bond donors (Lipinski definition) is 2. The fraction of sp³-hybridized carbons (Fsp3) is 0.176. The van der Waals surface area contributed by atoms with Crippen LogP contribution in [0.4, 0.5) is 0 Å². The molecule has 0 aliphatic rings. The third kappa shape index (κ3) is 3.20. The van der Waals surface area contributed by atoms with Gasteiger partial charge in [0.15, 0.2) is 0 Å². The summed E-state index contributed by atoms with van der Waals surface area (Å²) in [5.41, 5.74) is 1.86. The Morgan fingerprint density at radius 2 is 2.17 bits per heavy atom. The first-order valence-corrected chi connectivity index (χ1v) is 7.65. The fourth-order valence-corrected chi connectivity index (χ4v) is 2.56. The van der Waals surface area contributed by atoms with Gasteiger partial charge in [-0.05, 0) is 19.1 Å². The predicted octanol–water partition coefficient (Wildman–Crippen LogP) is 3.36. The number of rotatable bonds is 5. The van der Waals surface area contributed by atoms with Crippen molar-refractivity contribution in [2.45, 2.75) is 13.0 Å². The molecule has 0 spiro atoms. The third-order valence-electron chi connectivity index (χ3n) is 3.60. The number of carbonyl (C=O) groups is 1. The summed E-state index contributed by atoms with van der Waals surface area (Å²) < 4.78 is 10.1. The van der Waals surface area contributed by atoms with Crippen LogP contribution in [0.3, 0.4) is 0 Å². The highest BCUT2D eigenvalue weighted by atomic mass is 35.5. The van der Waals surface area contributed by atoms with Crippen LogP contribution in [0, 0.1) is 6.92 Å². The molecule has 1 aromatic carbocycles. The standard InChI is InChI=1S/C17H15ClN2O4/c1-10-15(16(20-24-10)12-4-2-3-5-13(12)18)17(22)19-8-14(21)11-6-7-23-9-11/h2-7,9,14,21H,8H2,1H3,(H,19,22). The Bertz CT molecular complexity index is 842. The highest BCUT2D eigenvalue weighted by molar-refractivity contribution is 6.33. The van der Waals surface area contributed by atoms with Crippen LogP contribution in [-0.2, 0) is 0 Å². The van der Waals surface area contributed by atoms with Gasteiger partial charge in [0.1, 0.15) is 17.0 Å². The minimum Gasteiger partial charge on any atom is -0.472 e. The van der Waals surface area contributed by atoms with Crippen molar-refractivity contribution < 1.29 is 18.8 Å². The molecule has 7 heteroatoms. The molecule has 0 saturated heterocycles. The molecule has 124 valence electrons. The van der Waals surface area contributed by atoms with E-state index in [4.69, 9.17) is 20.5 Å². The Morgan fingerprint density at radius 1 is 1.38 bits per heavy atom. The number of carbonyl (C=O) groups excluding carboxylic acids is 1. The summed E-state index contributed by atoms with van der Waals surface area (Å²) in [7, 11) is 0. The highest BCUT2D eigenvalue weighted by Gasteiger charge is 2.23. The lowest BCUT2D eigenvalue weighted by molar-refractivity contribution is 0.0915. The lowest BCUT2D eigenvalue weighted by Gasteiger charge is -2.10. The molecule has 24 heavy (non-hydrogen) atoms. The van der Waals surface area contributed by atoms with Crippen molar-refractivity contribution in [1.29, 1.82) is 0 Å². The maximum atomic E-state index is 12.5. The number of furan rings is 1. The summed E-state index contributed by atoms with van der Waals surface area (Å²) in [5.74, 6) is -0.0218. The first-order chi connectivity index (χ1) is 11.6. The van der Waals surface area contributed by atoms with Gasteiger partial charge in [-0.25, -0.2) is 0 Å². The van der Waals surface area contributed by atoms with E-state index in [1.807, 2.05) is 0 Å². The van der Waals surface area contributed by atoms with Gasteiger partial charge in [0, 0.05) is 17.7 Å². The first-order valence-electron chi connectivity index (χ1n) is 7.27. The van der Waals surface area contributed by atoms with Crippen molar-refractivity contribution in [3.05, 3.63) is 64.8 Å². The van der Waals surface area contributed by atoms with Crippen LogP contribution >= 0.6 is 11.6 Å². The Kier molecular flexibility index (Phi) is 4.69. The molecule has 0 saturated carbocycles. The molecule has 2 heterocycles. The zero-order valence-corrected chi connectivity index (χ0v) is 13.6. The summed E-state index contributed by atoms with van der Waals surface area (Å²) in [6, 6.07) is 8.70. The van der Waals surface area contributed by atoms with Crippen molar-refractivity contribution >= 4 is 17.5 Å². The smallest absolute Gasteiger partial charge is 0.257 e. The zero-order chi connectivity index (χ0) is 17.1. The van der Waals surface area contributed by atoms with E-state index in [1.54, 1.807) is 37.3 Å². The lowest BCUT2D eigenvalue weighted by Crippen LogP contribution is -2.28. The topological polar surface area (TPSA) is 88.5 Å². The van der Waals surface area contributed by atoms with E-state index in [-0.39, 0.29) is 6.54 Å². The van der Waals surface area contributed by atoms with E-state index in [0.717, 1.165) is 0 Å². The Hall–Kier alpha value is -2.57. The molecule has 1 atom stereocenters. The highest BCUT2D eigenvalue weighted by Crippen LogP contribution is 2.30. The number of benzene rings is 1. The Morgan fingerprint density at radius 3 is 2.88 bits per heavy atom. The Labute approximate surface area is 143 Å². The molecule has 0 fully saturated rings. The maximum absolute atomic E-state index is 12.5. The number of halogens is 1. The zero-order valence-electron chi connectivity index (χ0n) is 12.8. The van der Waals surface area contributed by atoms with Gasteiger partial charge < -0.3 is 19.4 Å². The minimum absolute atomic E-state index is 0.0327. The average molecular weight is 347 g/mol. The van der Waals surface area contributed by atoms with Gasteiger partial charge in [-0.15, -0.1) is 0 Å². The maximum Gasteiger partial charge on any atom is 0.257 e. The molecule has 0 aliphatic heterocycles. The molecular weight excluding hydrogens is 332 g/mol. The predicted molar refractivity (Wildman–Crippen MR) is 87.7 cm³/mol. The van der Waals surface area contributed by atoms with Crippen molar-refractivity contribution in [1.82, 2.24) is 10.5 Å². The monoisotopic (exact) mass is 346 g/mol. The number of aromatic nitrogens is 1. The second-order valence-electron chi connectivity index (χ2n) is 5.22. The van der Waals surface area contributed by atoms with Crippen LogP contribution in [0.1, 0.15) is 27.8 Å². The van der Waals surface area contributed by atoms with Crippen molar-refractivity contribution in [2.75, 3.05) is 6.54 Å².